The zero-order valence-corrected chi connectivity index (χ0v) is 23.1. The first-order valence-electron chi connectivity index (χ1n) is 11.6. The van der Waals surface area contributed by atoms with Crippen molar-refractivity contribution in [3.8, 4) is 11.8 Å². The third-order valence-corrected chi connectivity index (χ3v) is 7.00. The van der Waals surface area contributed by atoms with Gasteiger partial charge in [-0.3, -0.25) is 10.1 Å². The van der Waals surface area contributed by atoms with E-state index in [1.165, 1.54) is 48.5 Å². The number of nitriles is 1. The van der Waals surface area contributed by atoms with Crippen molar-refractivity contribution in [1.82, 2.24) is 8.87 Å². The number of methoxy groups -OCH3 is 1. The summed E-state index contributed by atoms with van der Waals surface area (Å²) in [6.07, 6.45) is 0.547. The average Bonchev–Trinajstić information content (AvgIpc) is 3.19. The van der Waals surface area contributed by atoms with Crippen LogP contribution in [0.1, 0.15) is 36.8 Å². The molecular formula is C27H30N4O6S. The topological polar surface area (TPSA) is 131 Å². The molecule has 38 heavy (non-hydrogen) atoms. The molecule has 0 fully saturated rings. The van der Waals surface area contributed by atoms with Crippen LogP contribution in [0.2, 0.25) is 0 Å². The molecule has 0 saturated carbocycles. The Hall–Kier alpha value is -4.30. The van der Waals surface area contributed by atoms with Crippen LogP contribution in [0, 0.1) is 18.3 Å². The highest BCUT2D eigenvalue weighted by Crippen LogP contribution is 2.35. The number of carbonyl (C=O) groups excluding carboxylic acids is 2. The lowest BCUT2D eigenvalue weighted by atomic mass is 10.1. The number of ether oxygens (including phenoxy) is 2. The molecule has 10 nitrogen and oxygen atoms in total. The Morgan fingerprint density at radius 2 is 1.74 bits per heavy atom. The maximum absolute atomic E-state index is 13.9. The zero-order valence-electron chi connectivity index (χ0n) is 22.3. The normalized spacial score (nSPS) is 12.1. The van der Waals surface area contributed by atoms with E-state index >= 15 is 0 Å². The van der Waals surface area contributed by atoms with Gasteiger partial charge in [0.25, 0.3) is 10.0 Å². The summed E-state index contributed by atoms with van der Waals surface area (Å²) < 4.78 is 39.4. The molecule has 1 amide bonds. The predicted octanol–water partition coefficient (Wildman–Crippen LogP) is 4.69. The molecular weight excluding hydrogens is 508 g/mol. The molecule has 0 aliphatic heterocycles. The number of aromatic nitrogens is 1. The monoisotopic (exact) mass is 538 g/mol. The number of anilines is 1. The summed E-state index contributed by atoms with van der Waals surface area (Å²) in [7, 11) is 0.355. The van der Waals surface area contributed by atoms with Crippen LogP contribution in [0.3, 0.4) is 0 Å². The van der Waals surface area contributed by atoms with Gasteiger partial charge >= 0.3 is 6.09 Å². The summed E-state index contributed by atoms with van der Waals surface area (Å²) in [5.41, 5.74) is -0.183. The number of allylic oxidation sites excluding steroid dienone is 1. The van der Waals surface area contributed by atoms with Crippen molar-refractivity contribution in [2.24, 2.45) is 0 Å². The van der Waals surface area contributed by atoms with Crippen molar-refractivity contribution in [3.05, 3.63) is 65.5 Å². The summed E-state index contributed by atoms with van der Waals surface area (Å²) in [6.45, 7) is 6.94. The summed E-state index contributed by atoms with van der Waals surface area (Å²) in [4.78, 5) is 27.4. The smallest absolute Gasteiger partial charge is 0.412 e. The number of ketones is 1. The van der Waals surface area contributed by atoms with E-state index < -0.39 is 27.5 Å². The van der Waals surface area contributed by atoms with Crippen LogP contribution in [0.15, 0.2) is 59.1 Å². The van der Waals surface area contributed by atoms with Crippen LogP contribution in [0.5, 0.6) is 5.75 Å². The standard InChI is InChI=1S/C27H30N4O6S/c1-17-8-10-20(11-9-17)38(34,35)31-22-14-21(29-26(33)37-27(2,3)4)24(36-7)13-18(22)12-23(31)25(32)19(15-28)16-30(5)6/h8-14,16H,1-7H3,(H,29,33)/b19-16+. The second-order valence-corrected chi connectivity index (χ2v) is 11.6. The van der Waals surface area contributed by atoms with Gasteiger partial charge in [0.1, 0.15) is 28.7 Å². The quantitative estimate of drug-likeness (QED) is 0.260. The molecule has 1 aromatic heterocycles. The number of hydrogen-bond donors (Lipinski definition) is 1. The van der Waals surface area contributed by atoms with Crippen molar-refractivity contribution in [2.45, 2.75) is 38.2 Å². The summed E-state index contributed by atoms with van der Waals surface area (Å²) in [5.74, 6) is -0.565. The van der Waals surface area contributed by atoms with Crippen molar-refractivity contribution < 1.29 is 27.5 Å². The van der Waals surface area contributed by atoms with E-state index in [-0.39, 0.29) is 33.1 Å². The lowest BCUT2D eigenvalue weighted by Crippen LogP contribution is -2.27. The zero-order chi connectivity index (χ0) is 28.4. The van der Waals surface area contributed by atoms with Crippen molar-refractivity contribution in [1.29, 1.82) is 5.26 Å². The Morgan fingerprint density at radius 3 is 2.26 bits per heavy atom. The highest BCUT2D eigenvalue weighted by atomic mass is 32.2. The van der Waals surface area contributed by atoms with Crippen LogP contribution in [-0.4, -0.2) is 56.0 Å². The van der Waals surface area contributed by atoms with Crippen LogP contribution < -0.4 is 10.1 Å². The van der Waals surface area contributed by atoms with Gasteiger partial charge in [-0.05, 0) is 58.0 Å². The SMILES string of the molecule is COc1cc2cc(C(=O)/C(C#N)=C/N(C)C)n(S(=O)(=O)c3ccc(C)cc3)c2cc1NC(=O)OC(C)(C)C. The second-order valence-electron chi connectivity index (χ2n) is 9.80. The molecule has 0 aliphatic carbocycles. The van der Waals surface area contributed by atoms with E-state index in [2.05, 4.69) is 5.32 Å². The van der Waals surface area contributed by atoms with E-state index in [1.807, 2.05) is 13.0 Å². The largest absolute Gasteiger partial charge is 0.495 e. The number of carbonyl (C=O) groups is 2. The number of Topliss-reactive ketones (excluding diaryl/α,β-unsaturated/α-hetero) is 1. The molecule has 0 bridgehead atoms. The Labute approximate surface area is 222 Å². The van der Waals surface area contributed by atoms with Crippen LogP contribution >= 0.6 is 0 Å². The number of rotatable bonds is 7. The predicted molar refractivity (Wildman–Crippen MR) is 144 cm³/mol. The number of amides is 1. The number of nitrogens with zero attached hydrogens (tertiary/aromatic N) is 3. The van der Waals surface area contributed by atoms with Gasteiger partial charge in [0.05, 0.1) is 23.2 Å². The first kappa shape index (κ1) is 28.3. The molecule has 3 aromatic rings. The van der Waals surface area contributed by atoms with Gasteiger partial charge < -0.3 is 14.4 Å². The molecule has 1 heterocycles. The first-order valence-corrected chi connectivity index (χ1v) is 13.0. The molecule has 11 heteroatoms. The van der Waals surface area contributed by atoms with Gasteiger partial charge in [-0.2, -0.15) is 5.26 Å². The van der Waals surface area contributed by atoms with Gasteiger partial charge in [-0.1, -0.05) is 17.7 Å². The van der Waals surface area contributed by atoms with Crippen molar-refractivity contribution >= 4 is 38.5 Å². The molecule has 3 rings (SSSR count). The lowest BCUT2D eigenvalue weighted by molar-refractivity contribution is 0.0635. The third kappa shape index (κ3) is 5.98. The van der Waals surface area contributed by atoms with Crippen LogP contribution in [0.4, 0.5) is 10.5 Å². The Kier molecular flexibility index (Phi) is 7.88. The molecule has 0 saturated heterocycles. The molecule has 200 valence electrons. The van der Waals surface area contributed by atoms with E-state index in [4.69, 9.17) is 9.47 Å². The van der Waals surface area contributed by atoms with Crippen LogP contribution in [0.25, 0.3) is 10.9 Å². The Bertz CT molecular complexity index is 1570. The molecule has 0 radical (unpaired) electrons. The van der Waals surface area contributed by atoms with E-state index in [9.17, 15) is 23.3 Å². The fourth-order valence-corrected chi connectivity index (χ4v) is 5.16. The summed E-state index contributed by atoms with van der Waals surface area (Å²) in [5, 5.41) is 12.6. The fourth-order valence-electron chi connectivity index (χ4n) is 3.66. The number of nitrogens with one attached hydrogen (secondary N) is 1. The minimum atomic E-state index is -4.32. The summed E-state index contributed by atoms with van der Waals surface area (Å²) in [6, 6.07) is 12.3. The average molecular weight is 539 g/mol. The number of hydrogen-bond acceptors (Lipinski definition) is 8. The second kappa shape index (κ2) is 10.6. The van der Waals surface area contributed by atoms with E-state index in [1.54, 1.807) is 47.0 Å². The first-order chi connectivity index (χ1) is 17.7. The third-order valence-electron chi connectivity index (χ3n) is 5.26. The van der Waals surface area contributed by atoms with Crippen molar-refractivity contribution in [2.75, 3.05) is 26.5 Å². The van der Waals surface area contributed by atoms with E-state index in [0.717, 1.165) is 9.54 Å². The molecule has 1 N–H and O–H groups in total. The van der Waals surface area contributed by atoms with Gasteiger partial charge in [-0.15, -0.1) is 0 Å². The van der Waals surface area contributed by atoms with Gasteiger partial charge in [0, 0.05) is 25.7 Å². The highest BCUT2D eigenvalue weighted by molar-refractivity contribution is 7.90. The molecule has 0 unspecified atom stereocenters. The molecule has 0 spiro atoms. The summed E-state index contributed by atoms with van der Waals surface area (Å²) >= 11 is 0. The Balaban J connectivity index is 2.34. The van der Waals surface area contributed by atoms with Gasteiger partial charge in [-0.25, -0.2) is 17.2 Å². The lowest BCUT2D eigenvalue weighted by Gasteiger charge is -2.20. The van der Waals surface area contributed by atoms with Gasteiger partial charge in [0.15, 0.2) is 0 Å². The minimum absolute atomic E-state index is 0.0535. The molecule has 0 atom stereocenters. The maximum atomic E-state index is 13.9. The number of aryl methyl sites for hydroxylation is 1. The van der Waals surface area contributed by atoms with Gasteiger partial charge in [0.2, 0.25) is 5.78 Å². The maximum Gasteiger partial charge on any atom is 0.412 e. The minimum Gasteiger partial charge on any atom is -0.495 e. The van der Waals surface area contributed by atoms with Crippen LogP contribution in [-0.2, 0) is 14.8 Å². The van der Waals surface area contributed by atoms with E-state index in [0.29, 0.717) is 5.39 Å². The van der Waals surface area contributed by atoms with Crippen molar-refractivity contribution in [3.63, 3.8) is 0 Å². The number of benzene rings is 2. The number of fused-ring (bicyclic) bond motifs is 1. The highest BCUT2D eigenvalue weighted by Gasteiger charge is 2.29. The molecule has 2 aromatic carbocycles. The Morgan fingerprint density at radius 1 is 1.11 bits per heavy atom. The fraction of sp³-hybridized carbons (Fsp3) is 0.296. The molecule has 0 aliphatic rings.